The molecule has 0 aliphatic carbocycles. The number of aromatic nitrogens is 1. The lowest BCUT2D eigenvalue weighted by Gasteiger charge is -2.10. The molecule has 0 unspecified atom stereocenters. The Hall–Kier alpha value is -3.26. The number of hydrogen-bond acceptors (Lipinski definition) is 3. The molecule has 0 aliphatic heterocycles. The van der Waals surface area contributed by atoms with E-state index in [4.69, 9.17) is 4.74 Å². The van der Waals surface area contributed by atoms with E-state index >= 15 is 0 Å². The molecule has 146 valence electrons. The number of rotatable bonds is 5. The van der Waals surface area contributed by atoms with Crippen molar-refractivity contribution in [3.05, 3.63) is 53.6 Å². The van der Waals surface area contributed by atoms with Gasteiger partial charge in [-0.25, -0.2) is 0 Å². The molecule has 5 heteroatoms. The Bertz CT molecular complexity index is 995. The number of nitriles is 1. The fraction of sp³-hybridized carbons (Fsp3) is 0.304. The molecule has 1 N–H and O–H groups in total. The summed E-state index contributed by atoms with van der Waals surface area (Å²) in [5, 5.41) is 13.5. The van der Waals surface area contributed by atoms with Gasteiger partial charge in [0.1, 0.15) is 11.8 Å². The van der Waals surface area contributed by atoms with Gasteiger partial charge >= 0.3 is 0 Å². The molecule has 5 nitrogen and oxygen atoms in total. The Morgan fingerprint density at radius 3 is 2.36 bits per heavy atom. The van der Waals surface area contributed by atoms with Gasteiger partial charge in [0, 0.05) is 30.1 Å². The van der Waals surface area contributed by atoms with E-state index in [0.29, 0.717) is 17.7 Å². The SMILES string of the molecule is CC.CCNC(=O)c1ccc(-c2c(C#N)c3ccc(OC)cc3n2CC)cc1. The highest BCUT2D eigenvalue weighted by molar-refractivity contribution is 5.97. The molecule has 1 amide bonds. The number of carbonyl (C=O) groups excluding carboxylic acids is 1. The van der Waals surface area contributed by atoms with Crippen LogP contribution in [0.3, 0.4) is 0 Å². The molecule has 2 aromatic carbocycles. The highest BCUT2D eigenvalue weighted by atomic mass is 16.5. The van der Waals surface area contributed by atoms with Gasteiger partial charge in [0.15, 0.2) is 0 Å². The molecular formula is C23H27N3O2. The molecule has 0 spiro atoms. The third-order valence-corrected chi connectivity index (χ3v) is 4.46. The fourth-order valence-electron chi connectivity index (χ4n) is 3.24. The lowest BCUT2D eigenvalue weighted by Crippen LogP contribution is -2.22. The van der Waals surface area contributed by atoms with Crippen molar-refractivity contribution in [3.8, 4) is 23.1 Å². The maximum atomic E-state index is 12.0. The van der Waals surface area contributed by atoms with Gasteiger partial charge in [-0.05, 0) is 43.7 Å². The first-order chi connectivity index (χ1) is 13.6. The summed E-state index contributed by atoms with van der Waals surface area (Å²) in [5.74, 6) is 0.660. The van der Waals surface area contributed by atoms with Crippen molar-refractivity contribution in [2.75, 3.05) is 13.7 Å². The summed E-state index contributed by atoms with van der Waals surface area (Å²) in [6.45, 7) is 9.25. The average Bonchev–Trinajstić information content (AvgIpc) is 3.07. The number of nitrogens with one attached hydrogen (secondary N) is 1. The number of amides is 1. The van der Waals surface area contributed by atoms with Gasteiger partial charge in [0.05, 0.1) is 23.9 Å². The van der Waals surface area contributed by atoms with Crippen molar-refractivity contribution in [1.29, 1.82) is 5.26 Å². The molecule has 0 fully saturated rings. The summed E-state index contributed by atoms with van der Waals surface area (Å²) >= 11 is 0. The van der Waals surface area contributed by atoms with E-state index < -0.39 is 0 Å². The number of carbonyl (C=O) groups is 1. The zero-order valence-electron chi connectivity index (χ0n) is 17.2. The Morgan fingerprint density at radius 2 is 1.82 bits per heavy atom. The van der Waals surface area contributed by atoms with Crippen LogP contribution in [0.15, 0.2) is 42.5 Å². The van der Waals surface area contributed by atoms with E-state index in [-0.39, 0.29) is 5.91 Å². The van der Waals surface area contributed by atoms with Crippen molar-refractivity contribution in [1.82, 2.24) is 9.88 Å². The summed E-state index contributed by atoms with van der Waals surface area (Å²) in [5.41, 5.74) is 3.98. The number of hydrogen-bond donors (Lipinski definition) is 1. The Labute approximate surface area is 166 Å². The van der Waals surface area contributed by atoms with Gasteiger partial charge in [0.2, 0.25) is 0 Å². The van der Waals surface area contributed by atoms with Crippen LogP contribution < -0.4 is 10.1 Å². The van der Waals surface area contributed by atoms with Gasteiger partial charge in [-0.3, -0.25) is 4.79 Å². The van der Waals surface area contributed by atoms with Crippen LogP contribution in [0.4, 0.5) is 0 Å². The minimum Gasteiger partial charge on any atom is -0.497 e. The third kappa shape index (κ3) is 3.86. The van der Waals surface area contributed by atoms with Crippen LogP contribution >= 0.6 is 0 Å². The number of nitrogens with zero attached hydrogens (tertiary/aromatic N) is 2. The van der Waals surface area contributed by atoms with E-state index in [1.807, 2.05) is 58.0 Å². The quantitative estimate of drug-likeness (QED) is 0.681. The van der Waals surface area contributed by atoms with Gasteiger partial charge in [-0.2, -0.15) is 5.26 Å². The Morgan fingerprint density at radius 1 is 1.14 bits per heavy atom. The van der Waals surface area contributed by atoms with E-state index in [9.17, 15) is 10.1 Å². The molecule has 0 aliphatic rings. The first kappa shape index (κ1) is 21.0. The first-order valence-electron chi connectivity index (χ1n) is 9.63. The third-order valence-electron chi connectivity index (χ3n) is 4.46. The van der Waals surface area contributed by atoms with Crippen LogP contribution in [0.5, 0.6) is 5.75 Å². The van der Waals surface area contributed by atoms with Crippen molar-refractivity contribution >= 4 is 16.8 Å². The second-order valence-electron chi connectivity index (χ2n) is 5.90. The molecule has 0 atom stereocenters. The van der Waals surface area contributed by atoms with Crippen LogP contribution in [0.25, 0.3) is 22.2 Å². The predicted octanol–water partition coefficient (Wildman–Crippen LogP) is 4.98. The van der Waals surface area contributed by atoms with Crippen molar-refractivity contribution in [3.63, 3.8) is 0 Å². The molecular weight excluding hydrogens is 350 g/mol. The van der Waals surface area contributed by atoms with Crippen molar-refractivity contribution in [2.24, 2.45) is 0 Å². The van der Waals surface area contributed by atoms with Crippen LogP contribution in [-0.2, 0) is 6.54 Å². The van der Waals surface area contributed by atoms with E-state index in [0.717, 1.165) is 34.5 Å². The summed E-state index contributed by atoms with van der Waals surface area (Å²) < 4.78 is 7.44. The van der Waals surface area contributed by atoms with Gasteiger partial charge in [0.25, 0.3) is 5.91 Å². The monoisotopic (exact) mass is 377 g/mol. The normalized spacial score (nSPS) is 10.0. The van der Waals surface area contributed by atoms with Crippen molar-refractivity contribution in [2.45, 2.75) is 34.2 Å². The molecule has 3 rings (SSSR count). The molecule has 0 radical (unpaired) electrons. The Kier molecular flexibility index (Phi) is 7.22. The lowest BCUT2D eigenvalue weighted by atomic mass is 10.0. The van der Waals surface area contributed by atoms with Crippen LogP contribution in [0.2, 0.25) is 0 Å². The van der Waals surface area contributed by atoms with Crippen LogP contribution in [-0.4, -0.2) is 24.1 Å². The number of methoxy groups -OCH3 is 1. The van der Waals surface area contributed by atoms with Gasteiger partial charge in [-0.15, -0.1) is 0 Å². The highest BCUT2D eigenvalue weighted by Crippen LogP contribution is 2.35. The lowest BCUT2D eigenvalue weighted by molar-refractivity contribution is 0.0956. The number of benzene rings is 2. The van der Waals surface area contributed by atoms with Gasteiger partial charge < -0.3 is 14.6 Å². The highest BCUT2D eigenvalue weighted by Gasteiger charge is 2.18. The molecule has 1 aromatic heterocycles. The van der Waals surface area contributed by atoms with Crippen molar-refractivity contribution < 1.29 is 9.53 Å². The Balaban J connectivity index is 0.00000136. The minimum absolute atomic E-state index is 0.0969. The van der Waals surface area contributed by atoms with E-state index in [1.165, 1.54) is 0 Å². The maximum absolute atomic E-state index is 12.0. The molecule has 0 saturated carbocycles. The fourth-order valence-corrected chi connectivity index (χ4v) is 3.24. The second kappa shape index (κ2) is 9.61. The molecule has 3 aromatic rings. The maximum Gasteiger partial charge on any atom is 0.251 e. The van der Waals surface area contributed by atoms with Gasteiger partial charge in [-0.1, -0.05) is 26.0 Å². The average molecular weight is 377 g/mol. The summed E-state index contributed by atoms with van der Waals surface area (Å²) in [4.78, 5) is 12.0. The smallest absolute Gasteiger partial charge is 0.251 e. The van der Waals surface area contributed by atoms with Crippen LogP contribution in [0, 0.1) is 11.3 Å². The second-order valence-corrected chi connectivity index (χ2v) is 5.90. The number of fused-ring (bicyclic) bond motifs is 1. The topological polar surface area (TPSA) is 67.1 Å². The van der Waals surface area contributed by atoms with E-state index in [1.54, 1.807) is 19.2 Å². The standard InChI is InChI=1S/C21H21N3O2.C2H6/c1-4-23-21(25)15-8-6-14(7-9-15)20-18(13-22)17-11-10-16(26-3)12-19(17)24(20)5-2;1-2/h6-12H,4-5H2,1-3H3,(H,23,25);1-2H3. The van der Waals surface area contributed by atoms with Crippen LogP contribution in [0.1, 0.15) is 43.6 Å². The predicted molar refractivity (Wildman–Crippen MR) is 114 cm³/mol. The largest absolute Gasteiger partial charge is 0.497 e. The number of aryl methyl sites for hydroxylation is 1. The summed E-state index contributed by atoms with van der Waals surface area (Å²) in [7, 11) is 1.63. The summed E-state index contributed by atoms with van der Waals surface area (Å²) in [6, 6.07) is 15.5. The molecule has 0 saturated heterocycles. The zero-order valence-corrected chi connectivity index (χ0v) is 17.2. The zero-order chi connectivity index (χ0) is 20.7. The molecule has 1 heterocycles. The first-order valence-corrected chi connectivity index (χ1v) is 9.63. The number of ether oxygens (including phenoxy) is 1. The molecule has 0 bridgehead atoms. The summed E-state index contributed by atoms with van der Waals surface area (Å²) in [6.07, 6.45) is 0. The molecule has 28 heavy (non-hydrogen) atoms. The minimum atomic E-state index is -0.0969. The van der Waals surface area contributed by atoms with E-state index in [2.05, 4.69) is 16.0 Å².